The van der Waals surface area contributed by atoms with Gasteiger partial charge in [0, 0.05) is 34.8 Å². The lowest BCUT2D eigenvalue weighted by Crippen LogP contribution is -2.40. The predicted octanol–water partition coefficient (Wildman–Crippen LogP) is 4.34. The molecule has 2 N–H and O–H groups in total. The van der Waals surface area contributed by atoms with Crippen LogP contribution in [-0.2, 0) is 9.59 Å². The molecule has 0 saturated heterocycles. The molecule has 4 nitrogen and oxygen atoms in total. The highest BCUT2D eigenvalue weighted by Crippen LogP contribution is 2.11. The molecule has 2 aromatic carbocycles. The monoisotopic (exact) mass is 402 g/mol. The lowest BCUT2D eigenvalue weighted by molar-refractivity contribution is -0.118. The molecule has 0 fully saturated rings. The largest absolute Gasteiger partial charge is 0.351 e. The average Bonchev–Trinajstić information content (AvgIpc) is 2.65. The van der Waals surface area contributed by atoms with E-state index >= 15 is 0 Å². The van der Waals surface area contributed by atoms with Gasteiger partial charge in [0.2, 0.25) is 11.8 Å². The van der Waals surface area contributed by atoms with E-state index in [0.29, 0.717) is 16.6 Å². The summed E-state index contributed by atoms with van der Waals surface area (Å²) < 4.78 is 0. The van der Waals surface area contributed by atoms with E-state index in [4.69, 9.17) is 23.2 Å². The second kappa shape index (κ2) is 10.6. The van der Waals surface area contributed by atoms with Crippen LogP contribution in [0.1, 0.15) is 18.1 Å². The second-order valence-electron chi connectivity index (χ2n) is 5.92. The molecule has 140 valence electrons. The Hall–Kier alpha value is -2.56. The average molecular weight is 403 g/mol. The topological polar surface area (TPSA) is 58.2 Å². The van der Waals surface area contributed by atoms with Crippen LogP contribution in [0.15, 0.2) is 60.7 Å². The van der Waals surface area contributed by atoms with Crippen molar-refractivity contribution in [1.29, 1.82) is 0 Å². The number of benzene rings is 2. The van der Waals surface area contributed by atoms with Gasteiger partial charge in [-0.05, 0) is 54.5 Å². The highest BCUT2D eigenvalue weighted by atomic mass is 35.5. The van der Waals surface area contributed by atoms with E-state index < -0.39 is 0 Å². The van der Waals surface area contributed by atoms with Crippen molar-refractivity contribution in [2.45, 2.75) is 13.0 Å². The minimum absolute atomic E-state index is 0.208. The number of nitrogens with one attached hydrogen (secondary N) is 2. The van der Waals surface area contributed by atoms with Gasteiger partial charge in [-0.3, -0.25) is 9.59 Å². The van der Waals surface area contributed by atoms with E-state index in [1.54, 1.807) is 36.4 Å². The van der Waals surface area contributed by atoms with Gasteiger partial charge >= 0.3 is 0 Å². The number of halogens is 2. The molecule has 0 radical (unpaired) electrons. The highest BCUT2D eigenvalue weighted by molar-refractivity contribution is 6.30. The quantitative estimate of drug-likeness (QED) is 0.676. The predicted molar refractivity (Wildman–Crippen MR) is 112 cm³/mol. The maximum Gasteiger partial charge on any atom is 0.244 e. The number of carbonyl (C=O) groups excluding carboxylic acids is 2. The third kappa shape index (κ3) is 8.11. The van der Waals surface area contributed by atoms with Crippen LogP contribution in [0, 0.1) is 0 Å². The molecule has 0 heterocycles. The third-order valence-corrected chi connectivity index (χ3v) is 4.07. The second-order valence-corrected chi connectivity index (χ2v) is 6.80. The Kier molecular flexibility index (Phi) is 8.11. The molecular formula is C21H20Cl2N2O2. The summed E-state index contributed by atoms with van der Waals surface area (Å²) in [6.45, 7) is 2.14. The summed E-state index contributed by atoms with van der Waals surface area (Å²) in [5.74, 6) is -0.467. The molecule has 1 atom stereocenters. The van der Waals surface area contributed by atoms with Crippen LogP contribution < -0.4 is 10.6 Å². The zero-order valence-electron chi connectivity index (χ0n) is 14.8. The van der Waals surface area contributed by atoms with Crippen LogP contribution in [0.2, 0.25) is 10.0 Å². The summed E-state index contributed by atoms with van der Waals surface area (Å²) in [6, 6.07) is 14.1. The molecule has 2 rings (SSSR count). The van der Waals surface area contributed by atoms with Gasteiger partial charge in [0.1, 0.15) is 0 Å². The standard InChI is InChI=1S/C21H20Cl2N2O2/c1-15(25-21(27)13-7-17-4-10-19(23)11-5-17)14-24-20(26)12-6-16-2-8-18(22)9-3-16/h2-13,15H,14H2,1H3,(H,24,26)(H,25,27)/b12-6-,13-7-/t15-/m1/s1. The van der Waals surface area contributed by atoms with Crippen LogP contribution in [0.5, 0.6) is 0 Å². The minimum Gasteiger partial charge on any atom is -0.351 e. The fourth-order valence-corrected chi connectivity index (χ4v) is 2.40. The van der Waals surface area contributed by atoms with E-state index in [-0.39, 0.29) is 17.9 Å². The number of hydrogen-bond acceptors (Lipinski definition) is 2. The third-order valence-electron chi connectivity index (χ3n) is 3.57. The Balaban J connectivity index is 1.73. The first-order valence-corrected chi connectivity index (χ1v) is 9.13. The SMILES string of the molecule is C[C@H](CNC(=O)/C=C\c1ccc(Cl)cc1)NC(=O)/C=C\c1ccc(Cl)cc1. The van der Waals surface area contributed by atoms with Gasteiger partial charge in [0.05, 0.1) is 0 Å². The van der Waals surface area contributed by atoms with E-state index in [1.165, 1.54) is 12.2 Å². The van der Waals surface area contributed by atoms with Crippen molar-refractivity contribution in [1.82, 2.24) is 10.6 Å². The Morgan fingerprint density at radius 3 is 1.78 bits per heavy atom. The van der Waals surface area contributed by atoms with Gasteiger partial charge in [-0.25, -0.2) is 0 Å². The van der Waals surface area contributed by atoms with Crippen molar-refractivity contribution < 1.29 is 9.59 Å². The van der Waals surface area contributed by atoms with Gasteiger partial charge in [-0.2, -0.15) is 0 Å². The summed E-state index contributed by atoms with van der Waals surface area (Å²) in [6.07, 6.45) is 6.29. The summed E-state index contributed by atoms with van der Waals surface area (Å²) in [5.41, 5.74) is 1.76. The number of carbonyl (C=O) groups is 2. The zero-order chi connectivity index (χ0) is 19.6. The van der Waals surface area contributed by atoms with Crippen molar-refractivity contribution in [3.8, 4) is 0 Å². The fraction of sp³-hybridized carbons (Fsp3) is 0.143. The van der Waals surface area contributed by atoms with E-state index in [2.05, 4.69) is 10.6 Å². The first kappa shape index (κ1) is 20.7. The zero-order valence-corrected chi connectivity index (χ0v) is 16.3. The molecular weight excluding hydrogens is 383 g/mol. The van der Waals surface area contributed by atoms with Crippen LogP contribution >= 0.6 is 23.2 Å². The molecule has 0 aromatic heterocycles. The number of amides is 2. The maximum absolute atomic E-state index is 11.9. The fourth-order valence-electron chi connectivity index (χ4n) is 2.15. The lowest BCUT2D eigenvalue weighted by Gasteiger charge is -2.12. The highest BCUT2D eigenvalue weighted by Gasteiger charge is 2.05. The minimum atomic E-state index is -0.234. The molecule has 0 aliphatic rings. The molecule has 2 amide bonds. The van der Waals surface area contributed by atoms with Gasteiger partial charge in [-0.1, -0.05) is 47.5 Å². The lowest BCUT2D eigenvalue weighted by atomic mass is 10.2. The van der Waals surface area contributed by atoms with Gasteiger partial charge in [0.25, 0.3) is 0 Å². The molecule has 0 aliphatic carbocycles. The number of rotatable bonds is 7. The summed E-state index contributed by atoms with van der Waals surface area (Å²) in [5, 5.41) is 6.82. The van der Waals surface area contributed by atoms with Gasteiger partial charge < -0.3 is 10.6 Å². The Morgan fingerprint density at radius 2 is 1.30 bits per heavy atom. The van der Waals surface area contributed by atoms with Crippen molar-refractivity contribution in [3.05, 3.63) is 81.9 Å². The van der Waals surface area contributed by atoms with Crippen molar-refractivity contribution in [3.63, 3.8) is 0 Å². The molecule has 27 heavy (non-hydrogen) atoms. The summed E-state index contributed by atoms with van der Waals surface area (Å²) >= 11 is 11.6. The Labute approximate surface area is 168 Å². The van der Waals surface area contributed by atoms with Crippen molar-refractivity contribution >= 4 is 47.2 Å². The molecule has 0 unspecified atom stereocenters. The van der Waals surface area contributed by atoms with Crippen molar-refractivity contribution in [2.24, 2.45) is 0 Å². The first-order chi connectivity index (χ1) is 12.9. The Bertz CT molecular complexity index is 828. The van der Waals surface area contributed by atoms with Gasteiger partial charge in [-0.15, -0.1) is 0 Å². The smallest absolute Gasteiger partial charge is 0.244 e. The number of hydrogen-bond donors (Lipinski definition) is 2. The molecule has 6 heteroatoms. The van der Waals surface area contributed by atoms with E-state index in [9.17, 15) is 9.59 Å². The van der Waals surface area contributed by atoms with Crippen LogP contribution in [0.4, 0.5) is 0 Å². The Morgan fingerprint density at radius 1 is 0.852 bits per heavy atom. The molecule has 2 aromatic rings. The first-order valence-electron chi connectivity index (χ1n) is 8.38. The van der Waals surface area contributed by atoms with Crippen LogP contribution in [0.25, 0.3) is 12.2 Å². The van der Waals surface area contributed by atoms with E-state index in [1.807, 2.05) is 31.2 Å². The molecule has 0 bridgehead atoms. The van der Waals surface area contributed by atoms with Gasteiger partial charge in [0.15, 0.2) is 0 Å². The maximum atomic E-state index is 11.9. The summed E-state index contributed by atoms with van der Waals surface area (Å²) in [4.78, 5) is 23.8. The molecule has 0 saturated carbocycles. The van der Waals surface area contributed by atoms with Crippen LogP contribution in [-0.4, -0.2) is 24.4 Å². The van der Waals surface area contributed by atoms with E-state index in [0.717, 1.165) is 11.1 Å². The van der Waals surface area contributed by atoms with Crippen molar-refractivity contribution in [2.75, 3.05) is 6.54 Å². The summed E-state index contributed by atoms with van der Waals surface area (Å²) in [7, 11) is 0. The molecule has 0 aliphatic heterocycles. The normalized spacial score (nSPS) is 12.3. The molecule has 0 spiro atoms. The van der Waals surface area contributed by atoms with Crippen LogP contribution in [0.3, 0.4) is 0 Å².